The lowest BCUT2D eigenvalue weighted by molar-refractivity contribution is -0.105. The van der Waals surface area contributed by atoms with Crippen LogP contribution in [0.5, 0.6) is 0 Å². The Morgan fingerprint density at radius 2 is 2.46 bits per heavy atom. The van der Waals surface area contributed by atoms with Crippen molar-refractivity contribution in [3.63, 3.8) is 0 Å². The highest BCUT2D eigenvalue weighted by Gasteiger charge is 2.03. The van der Waals surface area contributed by atoms with E-state index in [1.54, 1.807) is 10.7 Å². The number of pyridine rings is 1. The second-order valence-electron chi connectivity index (χ2n) is 2.66. The Kier molecular flexibility index (Phi) is 1.70. The maximum absolute atomic E-state index is 10.1. The highest BCUT2D eigenvalue weighted by atomic mass is 16.1. The van der Waals surface area contributed by atoms with Gasteiger partial charge in [0.1, 0.15) is 0 Å². The van der Waals surface area contributed by atoms with Crippen molar-refractivity contribution in [3.05, 3.63) is 23.9 Å². The Morgan fingerprint density at radius 3 is 3.15 bits per heavy atom. The number of aromatic nitrogens is 3. The highest BCUT2D eigenvalue weighted by Crippen LogP contribution is 2.08. The molecule has 0 saturated heterocycles. The minimum Gasteiger partial charge on any atom is -0.296 e. The molecule has 2 aromatic heterocycles. The summed E-state index contributed by atoms with van der Waals surface area (Å²) in [6, 6.07) is 3.82. The Labute approximate surface area is 74.4 Å². The molecule has 0 unspecified atom stereocenters. The van der Waals surface area contributed by atoms with E-state index in [2.05, 4.69) is 15.4 Å². The van der Waals surface area contributed by atoms with E-state index in [4.69, 9.17) is 0 Å². The van der Waals surface area contributed by atoms with Crippen LogP contribution in [0.3, 0.4) is 0 Å². The minimum atomic E-state index is 0.323. The van der Waals surface area contributed by atoms with E-state index in [0.717, 1.165) is 11.2 Å². The van der Waals surface area contributed by atoms with Crippen LogP contribution in [0.15, 0.2) is 18.3 Å². The zero-order chi connectivity index (χ0) is 9.26. The first-order valence-electron chi connectivity index (χ1n) is 3.83. The van der Waals surface area contributed by atoms with Crippen LogP contribution in [0.2, 0.25) is 0 Å². The molecule has 0 aromatic carbocycles. The van der Waals surface area contributed by atoms with Crippen molar-refractivity contribution >= 4 is 18.0 Å². The molecule has 0 aliphatic heterocycles. The van der Waals surface area contributed by atoms with Gasteiger partial charge in [0, 0.05) is 6.20 Å². The van der Waals surface area contributed by atoms with Crippen molar-refractivity contribution in [2.75, 3.05) is 5.32 Å². The van der Waals surface area contributed by atoms with Gasteiger partial charge in [-0.3, -0.25) is 10.1 Å². The van der Waals surface area contributed by atoms with Crippen LogP contribution >= 0.6 is 0 Å². The maximum Gasteiger partial charge on any atom is 0.249 e. The lowest BCUT2D eigenvalue weighted by atomic mass is 10.3. The number of anilines is 1. The van der Waals surface area contributed by atoms with Gasteiger partial charge in [0.15, 0.2) is 5.65 Å². The molecule has 2 rings (SSSR count). The second kappa shape index (κ2) is 2.85. The van der Waals surface area contributed by atoms with Crippen molar-refractivity contribution in [1.29, 1.82) is 0 Å². The molecule has 0 aliphatic rings. The molecule has 0 fully saturated rings. The van der Waals surface area contributed by atoms with Gasteiger partial charge in [0.25, 0.3) is 0 Å². The Hall–Kier alpha value is -1.91. The predicted octanol–water partition coefficient (Wildman–Crippen LogP) is 0.606. The molecule has 0 bridgehead atoms. The first kappa shape index (κ1) is 7.72. The minimum absolute atomic E-state index is 0.323. The van der Waals surface area contributed by atoms with Gasteiger partial charge in [-0.25, -0.2) is 4.52 Å². The van der Waals surface area contributed by atoms with Crippen LogP contribution in [-0.2, 0) is 4.79 Å². The fourth-order valence-corrected chi connectivity index (χ4v) is 1.15. The lowest BCUT2D eigenvalue weighted by Crippen LogP contribution is -1.95. The molecule has 2 heterocycles. The van der Waals surface area contributed by atoms with Crippen LogP contribution in [-0.4, -0.2) is 21.0 Å². The average Bonchev–Trinajstić information content (AvgIpc) is 2.49. The van der Waals surface area contributed by atoms with E-state index in [0.29, 0.717) is 12.4 Å². The number of carbonyl (C=O) groups excluding carboxylic acids is 1. The zero-order valence-corrected chi connectivity index (χ0v) is 7.06. The molecule has 1 amide bonds. The average molecular weight is 176 g/mol. The Balaban J connectivity index is 2.61. The molecule has 1 N–H and O–H groups in total. The standard InChI is InChI=1S/C8H8N4O/c1-6-3-2-4-12-7(6)10-8(11-12)9-5-13/h2-5H,1H3,(H,9,11,13). The number of hydrogen-bond donors (Lipinski definition) is 1. The summed E-state index contributed by atoms with van der Waals surface area (Å²) in [6.45, 7) is 1.94. The van der Waals surface area contributed by atoms with E-state index < -0.39 is 0 Å². The third-order valence-electron chi connectivity index (χ3n) is 1.75. The van der Waals surface area contributed by atoms with Crippen molar-refractivity contribution in [2.24, 2.45) is 0 Å². The SMILES string of the molecule is Cc1cccn2nc(NC=O)nc12. The van der Waals surface area contributed by atoms with Crippen LogP contribution < -0.4 is 5.32 Å². The normalized spacial score (nSPS) is 10.2. The number of amides is 1. The molecule has 66 valence electrons. The molecule has 13 heavy (non-hydrogen) atoms. The fraction of sp³-hybridized carbons (Fsp3) is 0.125. The number of fused-ring (bicyclic) bond motifs is 1. The van der Waals surface area contributed by atoms with E-state index in [9.17, 15) is 4.79 Å². The van der Waals surface area contributed by atoms with Gasteiger partial charge in [-0.05, 0) is 18.6 Å². The number of carbonyl (C=O) groups is 1. The molecule has 0 radical (unpaired) electrons. The third kappa shape index (κ3) is 1.24. The predicted molar refractivity (Wildman–Crippen MR) is 47.4 cm³/mol. The summed E-state index contributed by atoms with van der Waals surface area (Å²) in [5.74, 6) is 0.323. The van der Waals surface area contributed by atoms with Gasteiger partial charge in [0.2, 0.25) is 12.4 Å². The first-order valence-corrected chi connectivity index (χ1v) is 3.83. The molecule has 5 heteroatoms. The molecule has 2 aromatic rings. The molecular formula is C8H8N4O. The monoisotopic (exact) mass is 176 g/mol. The number of rotatable bonds is 2. The summed E-state index contributed by atoms with van der Waals surface area (Å²) in [5, 5.41) is 6.43. The second-order valence-corrected chi connectivity index (χ2v) is 2.66. The van der Waals surface area contributed by atoms with Gasteiger partial charge >= 0.3 is 0 Å². The summed E-state index contributed by atoms with van der Waals surface area (Å²) in [6.07, 6.45) is 2.34. The summed E-state index contributed by atoms with van der Waals surface area (Å²) in [5.41, 5.74) is 1.78. The number of nitrogens with zero attached hydrogens (tertiary/aromatic N) is 3. The van der Waals surface area contributed by atoms with Gasteiger partial charge in [-0.15, -0.1) is 5.10 Å². The summed E-state index contributed by atoms with van der Waals surface area (Å²) in [7, 11) is 0. The van der Waals surface area contributed by atoms with Crippen LogP contribution in [0.4, 0.5) is 5.95 Å². The molecule has 5 nitrogen and oxygen atoms in total. The zero-order valence-electron chi connectivity index (χ0n) is 7.06. The molecule has 0 atom stereocenters. The van der Waals surface area contributed by atoms with E-state index in [1.807, 2.05) is 19.1 Å². The molecular weight excluding hydrogens is 168 g/mol. The number of aryl methyl sites for hydroxylation is 1. The molecule has 0 spiro atoms. The Bertz CT molecular complexity index is 448. The molecule has 0 aliphatic carbocycles. The number of nitrogens with one attached hydrogen (secondary N) is 1. The summed E-state index contributed by atoms with van der Waals surface area (Å²) >= 11 is 0. The third-order valence-corrected chi connectivity index (χ3v) is 1.75. The van der Waals surface area contributed by atoms with Crippen LogP contribution in [0.25, 0.3) is 5.65 Å². The van der Waals surface area contributed by atoms with Crippen molar-refractivity contribution in [1.82, 2.24) is 14.6 Å². The van der Waals surface area contributed by atoms with Crippen molar-refractivity contribution < 1.29 is 4.79 Å². The van der Waals surface area contributed by atoms with Gasteiger partial charge in [-0.2, -0.15) is 4.98 Å². The molecule has 0 saturated carbocycles. The fourth-order valence-electron chi connectivity index (χ4n) is 1.15. The van der Waals surface area contributed by atoms with Crippen molar-refractivity contribution in [3.8, 4) is 0 Å². The lowest BCUT2D eigenvalue weighted by Gasteiger charge is -1.91. The van der Waals surface area contributed by atoms with Gasteiger partial charge in [-0.1, -0.05) is 6.07 Å². The van der Waals surface area contributed by atoms with E-state index >= 15 is 0 Å². The van der Waals surface area contributed by atoms with Gasteiger partial charge in [0.05, 0.1) is 0 Å². The Morgan fingerprint density at radius 1 is 1.62 bits per heavy atom. The van der Waals surface area contributed by atoms with E-state index in [-0.39, 0.29) is 0 Å². The largest absolute Gasteiger partial charge is 0.296 e. The summed E-state index contributed by atoms with van der Waals surface area (Å²) in [4.78, 5) is 14.2. The highest BCUT2D eigenvalue weighted by molar-refractivity contribution is 5.67. The summed E-state index contributed by atoms with van der Waals surface area (Å²) < 4.78 is 1.63. The number of hydrogen-bond acceptors (Lipinski definition) is 3. The quantitative estimate of drug-likeness (QED) is 0.682. The van der Waals surface area contributed by atoms with Crippen LogP contribution in [0.1, 0.15) is 5.56 Å². The van der Waals surface area contributed by atoms with Crippen molar-refractivity contribution in [2.45, 2.75) is 6.92 Å². The van der Waals surface area contributed by atoms with Crippen LogP contribution in [0, 0.1) is 6.92 Å². The maximum atomic E-state index is 10.1. The van der Waals surface area contributed by atoms with Gasteiger partial charge < -0.3 is 0 Å². The first-order chi connectivity index (χ1) is 6.31. The van der Waals surface area contributed by atoms with E-state index in [1.165, 1.54) is 0 Å². The topological polar surface area (TPSA) is 59.3 Å². The smallest absolute Gasteiger partial charge is 0.249 e.